The molecule has 1 aliphatic carbocycles. The SMILES string of the molecule is COc1ccc(C(CC(=O)O)CC(F)(F)CCCCc2nc3c(cc2C2CC2)CCCN3)cn1. The lowest BCUT2D eigenvalue weighted by Crippen LogP contribution is -2.22. The Bertz CT molecular complexity index is 994. The number of nitrogens with one attached hydrogen (secondary N) is 1. The molecule has 184 valence electrons. The van der Waals surface area contributed by atoms with Gasteiger partial charge in [-0.05, 0) is 67.6 Å². The van der Waals surface area contributed by atoms with E-state index < -0.39 is 24.2 Å². The Morgan fingerprint density at radius 3 is 2.82 bits per heavy atom. The van der Waals surface area contributed by atoms with E-state index in [1.165, 1.54) is 37.3 Å². The number of anilines is 1. The van der Waals surface area contributed by atoms with Gasteiger partial charge in [-0.2, -0.15) is 0 Å². The van der Waals surface area contributed by atoms with Gasteiger partial charge in [0.25, 0.3) is 0 Å². The monoisotopic (exact) mass is 473 g/mol. The van der Waals surface area contributed by atoms with Crippen LogP contribution in [0.4, 0.5) is 14.6 Å². The molecular weight excluding hydrogens is 440 g/mol. The molecule has 2 aliphatic rings. The number of alkyl halides is 2. The molecule has 2 aromatic heterocycles. The minimum absolute atomic E-state index is 0.269. The standard InChI is InChI=1S/C26H33F2N3O3/c1-34-23-10-9-19(16-30-23)20(14-24(32)33)15-26(27,28)11-3-2-6-22-21(17-7-8-17)13-18-5-4-12-29-25(18)31-22/h9-10,13,16-17,20H,2-8,11-12,14-15H2,1H3,(H,29,31)(H,32,33). The zero-order valence-corrected chi connectivity index (χ0v) is 19.7. The first-order chi connectivity index (χ1) is 16.3. The molecule has 2 N–H and O–H groups in total. The number of rotatable bonds is 12. The summed E-state index contributed by atoms with van der Waals surface area (Å²) in [4.78, 5) is 20.2. The van der Waals surface area contributed by atoms with Crippen LogP contribution in [0.2, 0.25) is 0 Å². The Kier molecular flexibility index (Phi) is 7.63. The van der Waals surface area contributed by atoms with Gasteiger partial charge in [0.05, 0.1) is 13.5 Å². The highest BCUT2D eigenvalue weighted by molar-refractivity contribution is 5.68. The van der Waals surface area contributed by atoms with Crippen molar-refractivity contribution in [2.75, 3.05) is 19.0 Å². The van der Waals surface area contributed by atoms with E-state index in [2.05, 4.69) is 16.4 Å². The smallest absolute Gasteiger partial charge is 0.303 e. The molecule has 0 saturated heterocycles. The van der Waals surface area contributed by atoms with Crippen LogP contribution in [0.1, 0.15) is 85.6 Å². The Morgan fingerprint density at radius 1 is 1.32 bits per heavy atom. The number of aliphatic carboxylic acids is 1. The number of carboxylic acid groups (broad SMARTS) is 1. The number of fused-ring (bicyclic) bond motifs is 1. The van der Waals surface area contributed by atoms with Crippen LogP contribution in [-0.2, 0) is 17.6 Å². The highest BCUT2D eigenvalue weighted by atomic mass is 19.3. The molecule has 6 nitrogen and oxygen atoms in total. The van der Waals surface area contributed by atoms with E-state index in [1.807, 2.05) is 0 Å². The van der Waals surface area contributed by atoms with E-state index in [0.29, 0.717) is 36.6 Å². The number of carbonyl (C=O) groups is 1. The van der Waals surface area contributed by atoms with Gasteiger partial charge in [-0.3, -0.25) is 4.79 Å². The van der Waals surface area contributed by atoms with Crippen LogP contribution in [-0.4, -0.2) is 40.6 Å². The lowest BCUT2D eigenvalue weighted by Gasteiger charge is -2.23. The molecule has 34 heavy (non-hydrogen) atoms. The molecule has 3 heterocycles. The van der Waals surface area contributed by atoms with Crippen molar-refractivity contribution >= 4 is 11.8 Å². The second-order valence-electron chi connectivity index (χ2n) is 9.53. The van der Waals surface area contributed by atoms with Crippen molar-refractivity contribution in [3.63, 3.8) is 0 Å². The summed E-state index contributed by atoms with van der Waals surface area (Å²) in [6.45, 7) is 0.926. The average molecular weight is 474 g/mol. The summed E-state index contributed by atoms with van der Waals surface area (Å²) in [5, 5.41) is 12.6. The van der Waals surface area contributed by atoms with Crippen molar-refractivity contribution in [3.05, 3.63) is 46.8 Å². The topological polar surface area (TPSA) is 84.3 Å². The molecule has 2 aromatic rings. The molecule has 1 atom stereocenters. The Labute approximate surface area is 199 Å². The minimum atomic E-state index is -2.95. The summed E-state index contributed by atoms with van der Waals surface area (Å²) in [5.41, 5.74) is 4.12. The predicted octanol–water partition coefficient (Wildman–Crippen LogP) is 5.72. The highest BCUT2D eigenvalue weighted by Crippen LogP contribution is 2.43. The third-order valence-corrected chi connectivity index (χ3v) is 6.76. The fourth-order valence-electron chi connectivity index (χ4n) is 4.80. The molecule has 1 fully saturated rings. The molecule has 1 saturated carbocycles. The maximum Gasteiger partial charge on any atom is 0.303 e. The molecule has 0 spiro atoms. The van der Waals surface area contributed by atoms with Gasteiger partial charge in [-0.1, -0.05) is 12.1 Å². The van der Waals surface area contributed by atoms with Gasteiger partial charge in [-0.25, -0.2) is 18.7 Å². The molecule has 8 heteroatoms. The summed E-state index contributed by atoms with van der Waals surface area (Å²) in [5.74, 6) is -2.96. The number of pyridine rings is 2. The Morgan fingerprint density at radius 2 is 2.15 bits per heavy atom. The quantitative estimate of drug-likeness (QED) is 0.384. The fraction of sp³-hybridized carbons (Fsp3) is 0.577. The lowest BCUT2D eigenvalue weighted by atomic mass is 9.89. The van der Waals surface area contributed by atoms with Crippen molar-refractivity contribution < 1.29 is 23.4 Å². The first-order valence-electron chi connectivity index (χ1n) is 12.2. The van der Waals surface area contributed by atoms with Gasteiger partial charge in [-0.15, -0.1) is 0 Å². The van der Waals surface area contributed by atoms with Gasteiger partial charge in [0.2, 0.25) is 11.8 Å². The van der Waals surface area contributed by atoms with Crippen LogP contribution >= 0.6 is 0 Å². The van der Waals surface area contributed by atoms with Gasteiger partial charge in [0, 0.05) is 43.3 Å². The molecule has 0 amide bonds. The van der Waals surface area contributed by atoms with E-state index >= 15 is 0 Å². The van der Waals surface area contributed by atoms with Gasteiger partial charge < -0.3 is 15.2 Å². The average Bonchev–Trinajstić information content (AvgIpc) is 3.66. The number of methoxy groups -OCH3 is 1. The van der Waals surface area contributed by atoms with E-state index in [-0.39, 0.29) is 12.8 Å². The Hall–Kier alpha value is -2.77. The van der Waals surface area contributed by atoms with E-state index in [9.17, 15) is 18.7 Å². The number of hydrogen-bond donors (Lipinski definition) is 2. The van der Waals surface area contributed by atoms with Crippen LogP contribution in [0.15, 0.2) is 24.4 Å². The molecule has 0 aromatic carbocycles. The minimum Gasteiger partial charge on any atom is -0.481 e. The number of ether oxygens (including phenoxy) is 1. The largest absolute Gasteiger partial charge is 0.481 e. The van der Waals surface area contributed by atoms with E-state index in [1.54, 1.807) is 12.1 Å². The molecule has 1 unspecified atom stereocenters. The number of halogens is 2. The predicted molar refractivity (Wildman–Crippen MR) is 126 cm³/mol. The third-order valence-electron chi connectivity index (χ3n) is 6.76. The highest BCUT2D eigenvalue weighted by Gasteiger charge is 2.34. The lowest BCUT2D eigenvalue weighted by molar-refractivity contribution is -0.138. The van der Waals surface area contributed by atoms with E-state index in [0.717, 1.165) is 30.9 Å². The first-order valence-corrected chi connectivity index (χ1v) is 12.2. The van der Waals surface area contributed by atoms with Crippen molar-refractivity contribution in [2.45, 2.75) is 82.0 Å². The number of nitrogens with zero attached hydrogens (tertiary/aromatic N) is 2. The van der Waals surface area contributed by atoms with Crippen molar-refractivity contribution in [1.82, 2.24) is 9.97 Å². The van der Waals surface area contributed by atoms with Crippen LogP contribution in [0.5, 0.6) is 5.88 Å². The Balaban J connectivity index is 1.34. The van der Waals surface area contributed by atoms with Crippen molar-refractivity contribution in [1.29, 1.82) is 0 Å². The first kappa shape index (κ1) is 24.4. The third kappa shape index (κ3) is 6.42. The molecule has 1 aliphatic heterocycles. The fourth-order valence-corrected chi connectivity index (χ4v) is 4.80. The van der Waals surface area contributed by atoms with Gasteiger partial charge in [0.1, 0.15) is 5.82 Å². The number of aryl methyl sites for hydroxylation is 2. The van der Waals surface area contributed by atoms with Crippen LogP contribution in [0, 0.1) is 0 Å². The molecule has 4 rings (SSSR count). The maximum absolute atomic E-state index is 14.9. The van der Waals surface area contributed by atoms with Gasteiger partial charge >= 0.3 is 5.97 Å². The van der Waals surface area contributed by atoms with Crippen LogP contribution in [0.3, 0.4) is 0 Å². The zero-order chi connectivity index (χ0) is 24.1. The van der Waals surface area contributed by atoms with E-state index in [4.69, 9.17) is 9.72 Å². The summed E-state index contributed by atoms with van der Waals surface area (Å²) >= 11 is 0. The van der Waals surface area contributed by atoms with Crippen molar-refractivity contribution in [2.24, 2.45) is 0 Å². The maximum atomic E-state index is 14.9. The normalized spacial score (nSPS) is 16.4. The van der Waals surface area contributed by atoms with Crippen LogP contribution in [0.25, 0.3) is 0 Å². The zero-order valence-electron chi connectivity index (χ0n) is 19.7. The number of unbranched alkanes of at least 4 members (excludes halogenated alkanes) is 1. The van der Waals surface area contributed by atoms with Gasteiger partial charge in [0.15, 0.2) is 0 Å². The number of carboxylic acids is 1. The second kappa shape index (κ2) is 10.7. The summed E-state index contributed by atoms with van der Waals surface area (Å²) in [6, 6.07) is 5.47. The molecular formula is C26H33F2N3O3. The molecule has 0 radical (unpaired) electrons. The van der Waals surface area contributed by atoms with Crippen molar-refractivity contribution in [3.8, 4) is 5.88 Å². The number of hydrogen-bond acceptors (Lipinski definition) is 5. The van der Waals surface area contributed by atoms with Crippen LogP contribution < -0.4 is 10.1 Å². The second-order valence-corrected chi connectivity index (χ2v) is 9.53. The summed E-state index contributed by atoms with van der Waals surface area (Å²) in [7, 11) is 1.47. The summed E-state index contributed by atoms with van der Waals surface area (Å²) < 4.78 is 34.7. The summed E-state index contributed by atoms with van der Waals surface area (Å²) in [6.07, 6.45) is 6.50. The molecule has 0 bridgehead atoms. The number of aromatic nitrogens is 2.